The lowest BCUT2D eigenvalue weighted by Crippen LogP contribution is -2.33. The molecule has 1 amide bonds. The third-order valence-electron chi connectivity index (χ3n) is 5.64. The van der Waals surface area contributed by atoms with Crippen LogP contribution in [0.2, 0.25) is 10.0 Å². The van der Waals surface area contributed by atoms with Crippen molar-refractivity contribution >= 4 is 44.8 Å². The molecule has 0 radical (unpaired) electrons. The van der Waals surface area contributed by atoms with Crippen LogP contribution in [-0.4, -0.2) is 42.0 Å². The van der Waals surface area contributed by atoms with Crippen molar-refractivity contribution in [2.24, 2.45) is 5.92 Å². The van der Waals surface area contributed by atoms with E-state index in [4.69, 9.17) is 23.2 Å². The summed E-state index contributed by atoms with van der Waals surface area (Å²) in [5.74, 6) is -0.190. The van der Waals surface area contributed by atoms with Gasteiger partial charge in [-0.2, -0.15) is 5.10 Å². The van der Waals surface area contributed by atoms with Crippen LogP contribution in [0.1, 0.15) is 37.7 Å². The second-order valence-corrected chi connectivity index (χ2v) is 10.9. The molecule has 1 aliphatic carbocycles. The fraction of sp³-hybridized carbons (Fsp3) is 0.476. The summed E-state index contributed by atoms with van der Waals surface area (Å²) in [5, 5.41) is 6.18. The van der Waals surface area contributed by atoms with Crippen molar-refractivity contribution < 1.29 is 13.2 Å². The van der Waals surface area contributed by atoms with Crippen molar-refractivity contribution in [1.29, 1.82) is 0 Å². The number of rotatable bonds is 7. The Bertz CT molecular complexity index is 1160. The first-order valence-corrected chi connectivity index (χ1v) is 12.6. The van der Waals surface area contributed by atoms with E-state index in [1.807, 2.05) is 0 Å². The van der Waals surface area contributed by atoms with Gasteiger partial charge in [-0.1, -0.05) is 48.5 Å². The highest BCUT2D eigenvalue weighted by molar-refractivity contribution is 7.89. The smallest absolute Gasteiger partial charge is 0.287 e. The SMILES string of the molecule is Cc1ccc(NC(=O)Cn2ncc(Cl)c(Cl)c2=O)cc1S(=O)(=O)N(C)CC1CCCCC1. The second-order valence-electron chi connectivity index (χ2n) is 8.09. The Morgan fingerprint density at radius 1 is 1.25 bits per heavy atom. The van der Waals surface area contributed by atoms with Crippen LogP contribution in [0.25, 0.3) is 0 Å². The summed E-state index contributed by atoms with van der Waals surface area (Å²) in [6, 6.07) is 4.68. The molecule has 0 spiro atoms. The summed E-state index contributed by atoms with van der Waals surface area (Å²) in [7, 11) is -2.13. The number of nitrogens with zero attached hydrogens (tertiary/aromatic N) is 3. The number of anilines is 1. The molecule has 1 aliphatic rings. The van der Waals surface area contributed by atoms with Crippen molar-refractivity contribution in [1.82, 2.24) is 14.1 Å². The van der Waals surface area contributed by atoms with Crippen molar-refractivity contribution in [2.75, 3.05) is 18.9 Å². The number of carbonyl (C=O) groups is 1. The van der Waals surface area contributed by atoms with E-state index in [1.165, 1.54) is 23.0 Å². The Morgan fingerprint density at radius 2 is 1.94 bits per heavy atom. The molecule has 1 N–H and O–H groups in total. The molecule has 0 atom stereocenters. The number of nitrogens with one attached hydrogen (secondary N) is 1. The Labute approximate surface area is 197 Å². The molecule has 2 aromatic rings. The number of aromatic nitrogens is 2. The summed E-state index contributed by atoms with van der Waals surface area (Å²) in [4.78, 5) is 24.6. The normalized spacial score (nSPS) is 15.2. The van der Waals surface area contributed by atoms with Gasteiger partial charge in [-0.15, -0.1) is 0 Å². The lowest BCUT2D eigenvalue weighted by molar-refractivity contribution is -0.117. The van der Waals surface area contributed by atoms with Gasteiger partial charge in [0.25, 0.3) is 5.56 Å². The van der Waals surface area contributed by atoms with Gasteiger partial charge < -0.3 is 5.32 Å². The van der Waals surface area contributed by atoms with Gasteiger partial charge in [0.05, 0.1) is 16.1 Å². The van der Waals surface area contributed by atoms with Crippen molar-refractivity contribution in [3.63, 3.8) is 0 Å². The van der Waals surface area contributed by atoms with Crippen LogP contribution in [0.3, 0.4) is 0 Å². The van der Waals surface area contributed by atoms with Crippen LogP contribution < -0.4 is 10.9 Å². The minimum absolute atomic E-state index is 0.000876. The fourth-order valence-corrected chi connectivity index (χ4v) is 5.61. The number of hydrogen-bond acceptors (Lipinski definition) is 5. The molecule has 1 aromatic heterocycles. The van der Waals surface area contributed by atoms with Crippen LogP contribution >= 0.6 is 23.2 Å². The minimum atomic E-state index is -3.72. The summed E-state index contributed by atoms with van der Waals surface area (Å²) in [6.07, 6.45) is 6.73. The molecule has 0 bridgehead atoms. The van der Waals surface area contributed by atoms with Gasteiger partial charge in [0, 0.05) is 19.3 Å². The fourth-order valence-electron chi connectivity index (χ4n) is 3.85. The average molecular weight is 501 g/mol. The van der Waals surface area contributed by atoms with Gasteiger partial charge >= 0.3 is 0 Å². The first-order valence-electron chi connectivity index (χ1n) is 10.4. The van der Waals surface area contributed by atoms with E-state index >= 15 is 0 Å². The Hall–Kier alpha value is -1.94. The molecule has 1 saturated carbocycles. The highest BCUT2D eigenvalue weighted by Gasteiger charge is 2.26. The lowest BCUT2D eigenvalue weighted by atomic mass is 9.89. The van der Waals surface area contributed by atoms with Gasteiger partial charge in [0.2, 0.25) is 15.9 Å². The predicted octanol–water partition coefficient (Wildman–Crippen LogP) is 3.70. The van der Waals surface area contributed by atoms with E-state index in [1.54, 1.807) is 26.1 Å². The molecule has 11 heteroatoms. The summed E-state index contributed by atoms with van der Waals surface area (Å²) in [6.45, 7) is 1.80. The van der Waals surface area contributed by atoms with Crippen LogP contribution in [-0.2, 0) is 21.4 Å². The zero-order chi connectivity index (χ0) is 23.5. The van der Waals surface area contributed by atoms with Gasteiger partial charge in [0.1, 0.15) is 11.6 Å². The molecule has 32 heavy (non-hydrogen) atoms. The van der Waals surface area contributed by atoms with Crippen molar-refractivity contribution in [3.8, 4) is 0 Å². The average Bonchev–Trinajstić information content (AvgIpc) is 2.76. The summed E-state index contributed by atoms with van der Waals surface area (Å²) < 4.78 is 28.7. The molecule has 1 aromatic carbocycles. The van der Waals surface area contributed by atoms with E-state index in [2.05, 4.69) is 10.4 Å². The van der Waals surface area contributed by atoms with Gasteiger partial charge in [-0.25, -0.2) is 17.4 Å². The number of amides is 1. The molecule has 0 unspecified atom stereocenters. The molecule has 8 nitrogen and oxygen atoms in total. The van der Waals surface area contributed by atoms with Crippen LogP contribution in [0.4, 0.5) is 5.69 Å². The van der Waals surface area contributed by atoms with E-state index in [9.17, 15) is 18.0 Å². The van der Waals surface area contributed by atoms with Gasteiger partial charge in [-0.3, -0.25) is 9.59 Å². The lowest BCUT2D eigenvalue weighted by Gasteiger charge is -2.27. The Kier molecular flexibility index (Phi) is 7.97. The molecule has 3 rings (SSSR count). The molecular formula is C21H26Cl2N4O4S. The highest BCUT2D eigenvalue weighted by Crippen LogP contribution is 2.28. The predicted molar refractivity (Wildman–Crippen MR) is 125 cm³/mol. The number of halogens is 2. The second kappa shape index (κ2) is 10.3. The van der Waals surface area contributed by atoms with Gasteiger partial charge in [-0.05, 0) is 43.4 Å². The Balaban J connectivity index is 1.75. The monoisotopic (exact) mass is 500 g/mol. The van der Waals surface area contributed by atoms with Crippen molar-refractivity contribution in [2.45, 2.75) is 50.5 Å². The molecule has 0 aliphatic heterocycles. The third-order valence-corrected chi connectivity index (χ3v) is 8.35. The van der Waals surface area contributed by atoms with E-state index < -0.39 is 28.0 Å². The third kappa shape index (κ3) is 5.70. The van der Waals surface area contributed by atoms with Crippen LogP contribution in [0, 0.1) is 12.8 Å². The number of aryl methyl sites for hydroxylation is 1. The summed E-state index contributed by atoms with van der Waals surface area (Å²) >= 11 is 11.6. The number of hydrogen-bond donors (Lipinski definition) is 1. The first-order chi connectivity index (χ1) is 15.1. The maximum atomic E-state index is 13.2. The highest BCUT2D eigenvalue weighted by atomic mass is 35.5. The van der Waals surface area contributed by atoms with E-state index in [-0.39, 0.29) is 14.9 Å². The zero-order valence-electron chi connectivity index (χ0n) is 18.0. The minimum Gasteiger partial charge on any atom is -0.324 e. The standard InChI is InChI=1S/C21H26Cl2N4O4S/c1-14-8-9-16(25-19(28)13-27-21(29)20(23)17(22)11-24-27)10-18(14)32(30,31)26(2)12-15-6-4-3-5-7-15/h8-11,15H,3-7,12-13H2,1-2H3,(H,25,28). The van der Waals surface area contributed by atoms with E-state index in [0.29, 0.717) is 23.7 Å². The van der Waals surface area contributed by atoms with E-state index in [0.717, 1.165) is 30.4 Å². The number of carbonyl (C=O) groups excluding carboxylic acids is 1. The molecular weight excluding hydrogens is 475 g/mol. The molecule has 1 heterocycles. The maximum absolute atomic E-state index is 13.2. The largest absolute Gasteiger partial charge is 0.324 e. The first kappa shape index (κ1) is 24.7. The number of benzene rings is 1. The summed E-state index contributed by atoms with van der Waals surface area (Å²) in [5.41, 5.74) is 0.199. The van der Waals surface area contributed by atoms with Crippen LogP contribution in [0.5, 0.6) is 0 Å². The molecule has 0 saturated heterocycles. The zero-order valence-corrected chi connectivity index (χ0v) is 20.3. The Morgan fingerprint density at radius 3 is 2.62 bits per heavy atom. The molecule has 174 valence electrons. The maximum Gasteiger partial charge on any atom is 0.287 e. The number of sulfonamides is 1. The van der Waals surface area contributed by atoms with Gasteiger partial charge in [0.15, 0.2) is 0 Å². The van der Waals surface area contributed by atoms with Crippen molar-refractivity contribution in [3.05, 3.63) is 50.4 Å². The van der Waals surface area contributed by atoms with Crippen LogP contribution in [0.15, 0.2) is 34.1 Å². The topological polar surface area (TPSA) is 101 Å². The quantitative estimate of drug-likeness (QED) is 0.624. The molecule has 1 fully saturated rings.